The summed E-state index contributed by atoms with van der Waals surface area (Å²) in [7, 11) is -3.51. The number of nitrogens with zero attached hydrogens (tertiary/aromatic N) is 1. The molecular weight excluding hydrogens is 376 g/mol. The number of benzene rings is 2. The molecule has 0 atom stereocenters. The Morgan fingerprint density at radius 2 is 1.86 bits per heavy atom. The smallest absolute Gasteiger partial charge is 0.248 e. The third-order valence-corrected chi connectivity index (χ3v) is 6.32. The van der Waals surface area contributed by atoms with Crippen molar-refractivity contribution < 1.29 is 17.9 Å². The molecule has 0 aromatic heterocycles. The molecule has 0 aliphatic carbocycles. The van der Waals surface area contributed by atoms with Gasteiger partial charge in [-0.1, -0.05) is 18.2 Å². The van der Waals surface area contributed by atoms with Crippen LogP contribution in [0.15, 0.2) is 59.5 Å². The second-order valence-electron chi connectivity index (χ2n) is 6.46. The van der Waals surface area contributed by atoms with E-state index in [0.29, 0.717) is 25.4 Å². The molecule has 0 saturated carbocycles. The number of carbonyl (C=O) groups is 1. The Hall–Kier alpha value is -2.64. The Bertz CT molecular complexity index is 947. The summed E-state index contributed by atoms with van der Waals surface area (Å²) < 4.78 is 32.2. The molecule has 1 fully saturated rings. The SMILES string of the molecule is CCOc1ccc(/C=C/C(=O)Nc2cccc(S(=O)(=O)N3CCCC3)c2)cc1. The van der Waals surface area contributed by atoms with Gasteiger partial charge in [-0.25, -0.2) is 8.42 Å². The molecule has 6 nitrogen and oxygen atoms in total. The average Bonchev–Trinajstić information content (AvgIpc) is 3.24. The van der Waals surface area contributed by atoms with Gasteiger partial charge in [-0.3, -0.25) is 4.79 Å². The van der Waals surface area contributed by atoms with E-state index in [1.807, 2.05) is 31.2 Å². The van der Waals surface area contributed by atoms with Crippen molar-refractivity contribution in [1.29, 1.82) is 0 Å². The number of amides is 1. The third kappa shape index (κ3) is 4.99. The van der Waals surface area contributed by atoms with Crippen LogP contribution in [-0.4, -0.2) is 38.3 Å². The Morgan fingerprint density at radius 1 is 1.14 bits per heavy atom. The first-order valence-electron chi connectivity index (χ1n) is 9.31. The van der Waals surface area contributed by atoms with Crippen LogP contribution in [0.1, 0.15) is 25.3 Å². The number of nitrogens with one attached hydrogen (secondary N) is 1. The van der Waals surface area contributed by atoms with E-state index in [0.717, 1.165) is 24.2 Å². The second-order valence-corrected chi connectivity index (χ2v) is 8.40. The fraction of sp³-hybridized carbons (Fsp3) is 0.286. The van der Waals surface area contributed by atoms with Crippen molar-refractivity contribution in [2.24, 2.45) is 0 Å². The lowest BCUT2D eigenvalue weighted by Gasteiger charge is -2.16. The van der Waals surface area contributed by atoms with Crippen molar-refractivity contribution in [1.82, 2.24) is 4.31 Å². The van der Waals surface area contributed by atoms with Crippen LogP contribution in [0, 0.1) is 0 Å². The fourth-order valence-corrected chi connectivity index (χ4v) is 4.57. The van der Waals surface area contributed by atoms with Crippen LogP contribution in [0.3, 0.4) is 0 Å². The zero-order valence-electron chi connectivity index (χ0n) is 15.8. The Labute approximate surface area is 165 Å². The minimum absolute atomic E-state index is 0.197. The summed E-state index contributed by atoms with van der Waals surface area (Å²) in [6.45, 7) is 3.61. The molecule has 148 valence electrons. The van der Waals surface area contributed by atoms with E-state index in [-0.39, 0.29) is 10.8 Å². The van der Waals surface area contributed by atoms with Crippen LogP contribution in [0.2, 0.25) is 0 Å². The van der Waals surface area contributed by atoms with Crippen molar-refractivity contribution >= 4 is 27.7 Å². The maximum Gasteiger partial charge on any atom is 0.248 e. The van der Waals surface area contributed by atoms with Crippen molar-refractivity contribution in [3.05, 3.63) is 60.2 Å². The van der Waals surface area contributed by atoms with Gasteiger partial charge >= 0.3 is 0 Å². The Balaban J connectivity index is 1.65. The molecule has 3 rings (SSSR count). The highest BCUT2D eigenvalue weighted by molar-refractivity contribution is 7.89. The van der Waals surface area contributed by atoms with Gasteiger partial charge < -0.3 is 10.1 Å². The highest BCUT2D eigenvalue weighted by Crippen LogP contribution is 2.23. The third-order valence-electron chi connectivity index (χ3n) is 4.42. The summed E-state index contributed by atoms with van der Waals surface area (Å²) >= 11 is 0. The van der Waals surface area contributed by atoms with Crippen LogP contribution >= 0.6 is 0 Å². The van der Waals surface area contributed by atoms with Crippen molar-refractivity contribution in [2.75, 3.05) is 25.0 Å². The molecule has 7 heteroatoms. The zero-order chi connectivity index (χ0) is 20.0. The topological polar surface area (TPSA) is 75.7 Å². The first-order chi connectivity index (χ1) is 13.5. The summed E-state index contributed by atoms with van der Waals surface area (Å²) in [4.78, 5) is 12.4. The molecule has 1 heterocycles. The molecule has 1 saturated heterocycles. The number of sulfonamides is 1. The highest BCUT2D eigenvalue weighted by atomic mass is 32.2. The van der Waals surface area contributed by atoms with Gasteiger partial charge in [0.25, 0.3) is 0 Å². The lowest BCUT2D eigenvalue weighted by atomic mass is 10.2. The minimum atomic E-state index is -3.51. The molecule has 2 aromatic rings. The van der Waals surface area contributed by atoms with Gasteiger partial charge in [-0.05, 0) is 61.7 Å². The lowest BCUT2D eigenvalue weighted by Crippen LogP contribution is -2.27. The molecule has 0 bridgehead atoms. The van der Waals surface area contributed by atoms with Gasteiger partial charge in [0.1, 0.15) is 5.75 Å². The largest absolute Gasteiger partial charge is 0.494 e. The number of carbonyl (C=O) groups excluding carboxylic acids is 1. The molecule has 1 aliphatic rings. The van der Waals surface area contributed by atoms with Crippen molar-refractivity contribution in [2.45, 2.75) is 24.7 Å². The lowest BCUT2D eigenvalue weighted by molar-refractivity contribution is -0.111. The fourth-order valence-electron chi connectivity index (χ4n) is 3.01. The van der Waals surface area contributed by atoms with Gasteiger partial charge in [0.2, 0.25) is 15.9 Å². The summed E-state index contributed by atoms with van der Waals surface area (Å²) in [5.74, 6) is 0.449. The first kappa shape index (κ1) is 20.1. The minimum Gasteiger partial charge on any atom is -0.494 e. The van der Waals surface area contributed by atoms with E-state index in [9.17, 15) is 13.2 Å². The van der Waals surface area contributed by atoms with Crippen molar-refractivity contribution in [3.63, 3.8) is 0 Å². The molecule has 1 N–H and O–H groups in total. The average molecular weight is 401 g/mol. The van der Waals surface area contributed by atoms with Crippen LogP contribution in [0.5, 0.6) is 5.75 Å². The van der Waals surface area contributed by atoms with Crippen molar-refractivity contribution in [3.8, 4) is 5.75 Å². The molecule has 28 heavy (non-hydrogen) atoms. The summed E-state index contributed by atoms with van der Waals surface area (Å²) in [5, 5.41) is 2.71. The predicted molar refractivity (Wildman–Crippen MR) is 110 cm³/mol. The van der Waals surface area contributed by atoms with Gasteiger partial charge in [0.05, 0.1) is 11.5 Å². The van der Waals surface area contributed by atoms with Crippen LogP contribution < -0.4 is 10.1 Å². The van der Waals surface area contributed by atoms with Gasteiger partial charge in [-0.15, -0.1) is 0 Å². The van der Waals surface area contributed by atoms with E-state index in [1.54, 1.807) is 24.3 Å². The van der Waals surface area contributed by atoms with Gasteiger partial charge in [-0.2, -0.15) is 4.31 Å². The summed E-state index contributed by atoms with van der Waals surface area (Å²) in [6, 6.07) is 13.8. The number of hydrogen-bond donors (Lipinski definition) is 1. The Kier molecular flexibility index (Phi) is 6.49. The maximum absolute atomic E-state index is 12.6. The molecule has 0 spiro atoms. The van der Waals surface area contributed by atoms with E-state index in [2.05, 4.69) is 5.32 Å². The summed E-state index contributed by atoms with van der Waals surface area (Å²) in [5.41, 5.74) is 1.31. The normalized spacial score (nSPS) is 15.0. The van der Waals surface area contributed by atoms with Crippen LogP contribution in [0.25, 0.3) is 6.08 Å². The number of rotatable bonds is 7. The highest BCUT2D eigenvalue weighted by Gasteiger charge is 2.27. The molecule has 0 unspecified atom stereocenters. The molecule has 2 aromatic carbocycles. The Morgan fingerprint density at radius 3 is 2.54 bits per heavy atom. The van der Waals surface area contributed by atoms with E-state index in [1.165, 1.54) is 16.4 Å². The van der Waals surface area contributed by atoms with Crippen LogP contribution in [-0.2, 0) is 14.8 Å². The molecule has 1 aliphatic heterocycles. The molecular formula is C21H24N2O4S. The first-order valence-corrected chi connectivity index (χ1v) is 10.7. The molecule has 0 radical (unpaired) electrons. The standard InChI is InChI=1S/C21H24N2O4S/c1-2-27-19-11-8-17(9-12-19)10-13-21(24)22-18-6-5-7-20(16-18)28(25,26)23-14-3-4-15-23/h5-13,16H,2-4,14-15H2,1H3,(H,22,24)/b13-10+. The number of anilines is 1. The quantitative estimate of drug-likeness (QED) is 0.722. The second kappa shape index (κ2) is 9.03. The monoisotopic (exact) mass is 400 g/mol. The number of hydrogen-bond acceptors (Lipinski definition) is 4. The summed E-state index contributed by atoms with van der Waals surface area (Å²) in [6.07, 6.45) is 4.87. The predicted octanol–water partition coefficient (Wildman–Crippen LogP) is 3.52. The van der Waals surface area contributed by atoms with Gasteiger partial charge in [0.15, 0.2) is 0 Å². The van der Waals surface area contributed by atoms with E-state index >= 15 is 0 Å². The molecule has 1 amide bonds. The maximum atomic E-state index is 12.6. The van der Waals surface area contributed by atoms with Crippen LogP contribution in [0.4, 0.5) is 5.69 Å². The zero-order valence-corrected chi connectivity index (χ0v) is 16.6. The van der Waals surface area contributed by atoms with Gasteiger partial charge in [0, 0.05) is 24.9 Å². The van der Waals surface area contributed by atoms with E-state index in [4.69, 9.17) is 4.74 Å². The van der Waals surface area contributed by atoms with E-state index < -0.39 is 10.0 Å². The number of ether oxygens (including phenoxy) is 1.